The molecule has 0 saturated heterocycles. The van der Waals surface area contributed by atoms with E-state index in [0.29, 0.717) is 19.4 Å². The number of nitrogens with zero attached hydrogens (tertiary/aromatic N) is 1. The fraction of sp³-hybridized carbons (Fsp3) is 0.833. The largest absolute Gasteiger partial charge is 0.508 e. The topological polar surface area (TPSA) is 91.4 Å². The summed E-state index contributed by atoms with van der Waals surface area (Å²) in [4.78, 5) is 39.9. The first-order chi connectivity index (χ1) is 24.3. The Morgan fingerprint density at radius 3 is 1.84 bits per heavy atom. The molecule has 4 saturated carbocycles. The molecule has 4 bridgehead atoms. The van der Waals surface area contributed by atoms with Gasteiger partial charge in [0.15, 0.2) is 0 Å². The highest BCUT2D eigenvalue weighted by Crippen LogP contribution is 2.61. The van der Waals surface area contributed by atoms with Crippen LogP contribution in [-0.2, 0) is 28.5 Å². The summed E-state index contributed by atoms with van der Waals surface area (Å²) in [7, 11) is 4.02. The normalized spacial score (nSPS) is 23.2. The van der Waals surface area contributed by atoms with Gasteiger partial charge in [-0.05, 0) is 134 Å². The van der Waals surface area contributed by atoms with Crippen molar-refractivity contribution in [2.75, 3.05) is 47.1 Å². The van der Waals surface area contributed by atoms with E-state index in [9.17, 15) is 14.4 Å². The third kappa shape index (κ3) is 18.2. The van der Waals surface area contributed by atoms with Crippen molar-refractivity contribution in [2.24, 2.45) is 29.1 Å². The summed E-state index contributed by atoms with van der Waals surface area (Å²) in [6, 6.07) is 0. The van der Waals surface area contributed by atoms with Gasteiger partial charge in [-0.3, -0.25) is 9.59 Å². The maximum absolute atomic E-state index is 13.1. The Bertz CT molecular complexity index is 986. The molecule has 4 fully saturated rings. The molecule has 4 aliphatic rings. The molecule has 4 rings (SSSR count). The molecule has 1 unspecified atom stereocenters. The van der Waals surface area contributed by atoms with Crippen LogP contribution >= 0.6 is 0 Å². The van der Waals surface area contributed by atoms with Gasteiger partial charge >= 0.3 is 18.1 Å². The standard InChI is InChI=1S/C42H71NO7/c1-4-5-6-7-8-9-10-11-12-13-14-15-16-17-18-19-22-39(44)48-32-38(34-50-41(46)47-24-21-20-23-43(2)3)33-49-40(45)31-42-28-35-25-36(29-42)27-37(26-35)30-42/h8-9,11-12,35-38H,4-7,10,13-34H2,1-3H3/b9-8-,12-11-. The van der Waals surface area contributed by atoms with Gasteiger partial charge in [0.05, 0.1) is 18.9 Å². The number of rotatable bonds is 28. The van der Waals surface area contributed by atoms with E-state index < -0.39 is 12.1 Å². The molecule has 0 aliphatic heterocycles. The molecule has 0 aromatic heterocycles. The Labute approximate surface area is 304 Å². The van der Waals surface area contributed by atoms with E-state index in [4.69, 9.17) is 18.9 Å². The number of hydrogen-bond acceptors (Lipinski definition) is 8. The zero-order chi connectivity index (χ0) is 35.9. The first kappa shape index (κ1) is 42.1. The highest BCUT2D eigenvalue weighted by molar-refractivity contribution is 5.70. The number of allylic oxidation sites excluding steroid dienone is 4. The van der Waals surface area contributed by atoms with Gasteiger partial charge in [-0.1, -0.05) is 69.8 Å². The zero-order valence-electron chi connectivity index (χ0n) is 32.0. The molecule has 0 spiro atoms. The molecule has 50 heavy (non-hydrogen) atoms. The van der Waals surface area contributed by atoms with Gasteiger partial charge in [0.2, 0.25) is 0 Å². The quantitative estimate of drug-likeness (QED) is 0.0345. The van der Waals surface area contributed by atoms with Crippen LogP contribution in [0.2, 0.25) is 0 Å². The third-order valence-electron chi connectivity index (χ3n) is 10.9. The number of carbonyl (C=O) groups is 3. The second kappa shape index (κ2) is 24.8. The predicted octanol–water partition coefficient (Wildman–Crippen LogP) is 9.99. The highest BCUT2D eigenvalue weighted by Gasteiger charge is 2.51. The average molecular weight is 702 g/mol. The van der Waals surface area contributed by atoms with Gasteiger partial charge in [0.25, 0.3) is 0 Å². The van der Waals surface area contributed by atoms with Crippen LogP contribution in [0.4, 0.5) is 4.79 Å². The Kier molecular flexibility index (Phi) is 20.8. The van der Waals surface area contributed by atoms with E-state index in [0.717, 1.165) is 88.5 Å². The Balaban J connectivity index is 1.29. The van der Waals surface area contributed by atoms with Crippen molar-refractivity contribution in [3.05, 3.63) is 24.3 Å². The van der Waals surface area contributed by atoms with Crippen molar-refractivity contribution < 1.29 is 33.3 Å². The van der Waals surface area contributed by atoms with Crippen molar-refractivity contribution in [3.63, 3.8) is 0 Å². The van der Waals surface area contributed by atoms with E-state index in [2.05, 4.69) is 36.1 Å². The molecule has 4 aliphatic carbocycles. The third-order valence-corrected chi connectivity index (χ3v) is 10.9. The fourth-order valence-corrected chi connectivity index (χ4v) is 8.67. The van der Waals surface area contributed by atoms with Crippen molar-refractivity contribution in [2.45, 2.75) is 148 Å². The minimum Gasteiger partial charge on any atom is -0.465 e. The summed E-state index contributed by atoms with van der Waals surface area (Å²) in [6.07, 6.45) is 32.1. The lowest BCUT2D eigenvalue weighted by Crippen LogP contribution is -2.47. The molecular weight excluding hydrogens is 630 g/mol. The van der Waals surface area contributed by atoms with Crippen LogP contribution in [0.15, 0.2) is 24.3 Å². The van der Waals surface area contributed by atoms with Gasteiger partial charge in [0, 0.05) is 6.42 Å². The lowest BCUT2D eigenvalue weighted by Gasteiger charge is -2.56. The monoisotopic (exact) mass is 702 g/mol. The number of carbonyl (C=O) groups excluding carboxylic acids is 3. The van der Waals surface area contributed by atoms with Gasteiger partial charge in [-0.15, -0.1) is 0 Å². The Morgan fingerprint density at radius 1 is 0.660 bits per heavy atom. The number of ether oxygens (including phenoxy) is 4. The molecule has 0 radical (unpaired) electrons. The predicted molar refractivity (Wildman–Crippen MR) is 200 cm³/mol. The maximum atomic E-state index is 13.1. The van der Waals surface area contributed by atoms with Crippen molar-refractivity contribution in [3.8, 4) is 0 Å². The SMILES string of the molecule is CCCCC/C=C\C/C=C\CCCCCCCCC(=O)OCC(COC(=O)CC12CC3CC(CC(C3)C1)C2)COC(=O)OCCCCN(C)C. The van der Waals surface area contributed by atoms with Gasteiger partial charge in [-0.25, -0.2) is 4.79 Å². The second-order valence-electron chi connectivity index (χ2n) is 16.1. The Morgan fingerprint density at radius 2 is 1.22 bits per heavy atom. The molecule has 8 heteroatoms. The molecular formula is C42H71NO7. The zero-order valence-corrected chi connectivity index (χ0v) is 32.0. The van der Waals surface area contributed by atoms with Crippen LogP contribution < -0.4 is 0 Å². The van der Waals surface area contributed by atoms with Crippen LogP contribution in [-0.4, -0.2) is 70.1 Å². The second-order valence-corrected chi connectivity index (χ2v) is 16.1. The first-order valence-electron chi connectivity index (χ1n) is 20.3. The highest BCUT2D eigenvalue weighted by atomic mass is 16.7. The summed E-state index contributed by atoms with van der Waals surface area (Å²) in [6.45, 7) is 3.53. The minimum atomic E-state index is -0.743. The van der Waals surface area contributed by atoms with E-state index >= 15 is 0 Å². The van der Waals surface area contributed by atoms with Gasteiger partial charge in [-0.2, -0.15) is 0 Å². The molecule has 0 aromatic carbocycles. The van der Waals surface area contributed by atoms with Gasteiger partial charge in [0.1, 0.15) is 19.8 Å². The molecule has 0 N–H and O–H groups in total. The molecule has 0 heterocycles. The number of hydrogen-bond donors (Lipinski definition) is 0. The first-order valence-corrected chi connectivity index (χ1v) is 20.3. The van der Waals surface area contributed by atoms with Gasteiger partial charge < -0.3 is 23.8 Å². The fourth-order valence-electron chi connectivity index (χ4n) is 8.67. The van der Waals surface area contributed by atoms with Crippen LogP contribution in [0, 0.1) is 29.1 Å². The molecule has 0 aromatic rings. The summed E-state index contributed by atoms with van der Waals surface area (Å²) in [5, 5.41) is 0. The van der Waals surface area contributed by atoms with Crippen molar-refractivity contribution in [1.82, 2.24) is 4.90 Å². The van der Waals surface area contributed by atoms with E-state index in [1.807, 2.05) is 14.1 Å². The Hall–Kier alpha value is -2.35. The summed E-state index contributed by atoms with van der Waals surface area (Å²) < 4.78 is 21.9. The molecule has 0 amide bonds. The number of unbranched alkanes of at least 4 members (excludes halogenated alkanes) is 10. The average Bonchev–Trinajstić information content (AvgIpc) is 3.06. The van der Waals surface area contributed by atoms with E-state index in [1.54, 1.807) is 0 Å². The van der Waals surface area contributed by atoms with Crippen LogP contribution in [0.3, 0.4) is 0 Å². The summed E-state index contributed by atoms with van der Waals surface area (Å²) in [5.74, 6) is 1.43. The summed E-state index contributed by atoms with van der Waals surface area (Å²) in [5.41, 5.74) is 0.0997. The maximum Gasteiger partial charge on any atom is 0.508 e. The summed E-state index contributed by atoms with van der Waals surface area (Å²) >= 11 is 0. The van der Waals surface area contributed by atoms with Crippen molar-refractivity contribution in [1.29, 1.82) is 0 Å². The van der Waals surface area contributed by atoms with Crippen LogP contribution in [0.5, 0.6) is 0 Å². The van der Waals surface area contributed by atoms with Crippen LogP contribution in [0.25, 0.3) is 0 Å². The lowest BCUT2D eigenvalue weighted by atomic mass is 9.49. The molecule has 286 valence electrons. The molecule has 1 atom stereocenters. The van der Waals surface area contributed by atoms with E-state index in [1.165, 1.54) is 64.2 Å². The molecule has 8 nitrogen and oxygen atoms in total. The van der Waals surface area contributed by atoms with E-state index in [-0.39, 0.29) is 37.2 Å². The smallest absolute Gasteiger partial charge is 0.465 e. The van der Waals surface area contributed by atoms with Crippen LogP contribution in [0.1, 0.15) is 148 Å². The van der Waals surface area contributed by atoms with Crippen molar-refractivity contribution >= 4 is 18.1 Å². The number of esters is 2. The lowest BCUT2D eigenvalue weighted by molar-refractivity contribution is -0.155. The minimum absolute atomic E-state index is 0.0284.